The van der Waals surface area contributed by atoms with Crippen LogP contribution in [-0.4, -0.2) is 24.8 Å². The summed E-state index contributed by atoms with van der Waals surface area (Å²) in [5.41, 5.74) is -0.107. The summed E-state index contributed by atoms with van der Waals surface area (Å²) in [6.07, 6.45) is 10.2. The van der Waals surface area contributed by atoms with Gasteiger partial charge in [-0.1, -0.05) is 13.3 Å². The lowest BCUT2D eigenvalue weighted by Crippen LogP contribution is -2.50. The summed E-state index contributed by atoms with van der Waals surface area (Å²) in [5, 5.41) is 0. The monoisotopic (exact) mass is 278 g/mol. The van der Waals surface area contributed by atoms with E-state index in [-0.39, 0.29) is 17.5 Å². The first kappa shape index (κ1) is 13.1. The molecular formula is C17H26O3. The minimum absolute atomic E-state index is 0.0994. The quantitative estimate of drug-likeness (QED) is 0.572. The summed E-state index contributed by atoms with van der Waals surface area (Å²) < 4.78 is 11.2. The highest BCUT2D eigenvalue weighted by molar-refractivity contribution is 5.77. The molecule has 0 aromatic carbocycles. The Kier molecular flexibility index (Phi) is 3.10. The number of ether oxygens (including phenoxy) is 2. The molecule has 3 heteroatoms. The molecule has 112 valence electrons. The highest BCUT2D eigenvalue weighted by Crippen LogP contribution is 2.60. The number of hydrogen-bond donors (Lipinski definition) is 0. The van der Waals surface area contributed by atoms with Crippen molar-refractivity contribution >= 4 is 5.97 Å². The van der Waals surface area contributed by atoms with Gasteiger partial charge < -0.3 is 9.47 Å². The molecule has 3 nitrogen and oxygen atoms in total. The van der Waals surface area contributed by atoms with Gasteiger partial charge in [-0.3, -0.25) is 4.79 Å². The molecule has 1 heterocycles. The van der Waals surface area contributed by atoms with Gasteiger partial charge in [-0.05, 0) is 62.7 Å². The van der Waals surface area contributed by atoms with Crippen molar-refractivity contribution in [3.8, 4) is 0 Å². The molecule has 0 amide bonds. The minimum Gasteiger partial charge on any atom is -0.462 e. The molecule has 2 atom stereocenters. The van der Waals surface area contributed by atoms with Crippen molar-refractivity contribution in [2.45, 2.75) is 70.5 Å². The average Bonchev–Trinajstić information content (AvgIpc) is 3.13. The molecule has 0 spiro atoms. The molecular weight excluding hydrogens is 252 g/mol. The molecule has 5 rings (SSSR count). The first-order valence-corrected chi connectivity index (χ1v) is 8.51. The maximum atomic E-state index is 12.6. The van der Waals surface area contributed by atoms with Gasteiger partial charge in [0.1, 0.15) is 12.7 Å². The van der Waals surface area contributed by atoms with Crippen LogP contribution >= 0.6 is 0 Å². The van der Waals surface area contributed by atoms with Gasteiger partial charge in [-0.2, -0.15) is 0 Å². The van der Waals surface area contributed by atoms with Crippen molar-refractivity contribution in [1.82, 2.24) is 0 Å². The normalized spacial score (nSPS) is 48.4. The lowest BCUT2D eigenvalue weighted by molar-refractivity contribution is -0.172. The van der Waals surface area contributed by atoms with Crippen molar-refractivity contribution in [3.63, 3.8) is 0 Å². The first-order valence-electron chi connectivity index (χ1n) is 8.51. The number of epoxide rings is 1. The first-order chi connectivity index (χ1) is 9.68. The fraction of sp³-hybridized carbons (Fsp3) is 0.941. The Morgan fingerprint density at radius 1 is 1.10 bits per heavy atom. The zero-order valence-electron chi connectivity index (χ0n) is 12.5. The van der Waals surface area contributed by atoms with Crippen LogP contribution in [0.4, 0.5) is 0 Å². The molecule has 20 heavy (non-hydrogen) atoms. The molecule has 1 saturated heterocycles. The average molecular weight is 278 g/mol. The molecule has 1 aliphatic heterocycles. The smallest absolute Gasteiger partial charge is 0.312 e. The molecule has 0 aromatic heterocycles. The molecule has 2 unspecified atom stereocenters. The van der Waals surface area contributed by atoms with E-state index in [4.69, 9.17) is 9.47 Å². The highest BCUT2D eigenvalue weighted by Gasteiger charge is 2.55. The van der Waals surface area contributed by atoms with Gasteiger partial charge in [-0.15, -0.1) is 0 Å². The fourth-order valence-corrected chi connectivity index (χ4v) is 5.54. The van der Waals surface area contributed by atoms with E-state index >= 15 is 0 Å². The Morgan fingerprint density at radius 3 is 2.25 bits per heavy atom. The van der Waals surface area contributed by atoms with E-state index in [0.717, 1.165) is 49.9 Å². The second-order valence-corrected chi connectivity index (χ2v) is 7.80. The summed E-state index contributed by atoms with van der Waals surface area (Å²) in [4.78, 5) is 12.6. The number of hydrogen-bond acceptors (Lipinski definition) is 3. The van der Waals surface area contributed by atoms with Crippen LogP contribution < -0.4 is 0 Å². The lowest BCUT2D eigenvalue weighted by Gasteiger charge is -2.55. The van der Waals surface area contributed by atoms with E-state index in [0.29, 0.717) is 12.7 Å². The summed E-state index contributed by atoms with van der Waals surface area (Å²) >= 11 is 0. The Balaban J connectivity index is 1.34. The third-order valence-electron chi connectivity index (χ3n) is 6.11. The Morgan fingerprint density at radius 2 is 1.70 bits per heavy atom. The number of rotatable bonds is 5. The standard InChI is InChI=1S/C17H26O3/c1-2-3-14-15(20-14)10-19-16(18)17-7-11-4-12(8-17)6-13(5-11)9-17/h11-15H,2-10H2,1H3. The van der Waals surface area contributed by atoms with Crippen LogP contribution in [0, 0.1) is 23.2 Å². The predicted octanol–water partition coefficient (Wildman–Crippen LogP) is 3.31. The largest absolute Gasteiger partial charge is 0.462 e. The second kappa shape index (κ2) is 4.72. The third kappa shape index (κ3) is 2.18. The van der Waals surface area contributed by atoms with Crippen LogP contribution in [0.3, 0.4) is 0 Å². The molecule has 5 fully saturated rings. The summed E-state index contributed by atoms with van der Waals surface area (Å²) in [6.45, 7) is 2.66. The molecule has 0 radical (unpaired) electrons. The van der Waals surface area contributed by atoms with Crippen molar-refractivity contribution in [1.29, 1.82) is 0 Å². The summed E-state index contributed by atoms with van der Waals surface area (Å²) in [5.74, 6) is 2.51. The molecule has 4 saturated carbocycles. The Hall–Kier alpha value is -0.570. The van der Waals surface area contributed by atoms with Crippen molar-refractivity contribution < 1.29 is 14.3 Å². The highest BCUT2D eigenvalue weighted by atomic mass is 16.6. The van der Waals surface area contributed by atoms with Crippen molar-refractivity contribution in [2.24, 2.45) is 23.2 Å². The molecule has 0 aromatic rings. The Bertz CT molecular complexity index is 368. The topological polar surface area (TPSA) is 38.8 Å². The minimum atomic E-state index is -0.107. The second-order valence-electron chi connectivity index (χ2n) is 7.80. The zero-order valence-corrected chi connectivity index (χ0v) is 12.5. The molecule has 5 aliphatic rings. The predicted molar refractivity (Wildman–Crippen MR) is 75.1 cm³/mol. The van der Waals surface area contributed by atoms with E-state index in [9.17, 15) is 4.79 Å². The van der Waals surface area contributed by atoms with Crippen LogP contribution in [0.15, 0.2) is 0 Å². The molecule has 0 N–H and O–H groups in total. The number of carbonyl (C=O) groups is 1. The molecule has 4 aliphatic carbocycles. The van der Waals surface area contributed by atoms with Crippen LogP contribution in [0.5, 0.6) is 0 Å². The van der Waals surface area contributed by atoms with Gasteiger partial charge in [0.05, 0.1) is 11.5 Å². The van der Waals surface area contributed by atoms with E-state index in [1.807, 2.05) is 0 Å². The van der Waals surface area contributed by atoms with E-state index < -0.39 is 0 Å². The maximum Gasteiger partial charge on any atom is 0.312 e. The van der Waals surface area contributed by atoms with E-state index in [1.54, 1.807) is 0 Å². The van der Waals surface area contributed by atoms with Gasteiger partial charge >= 0.3 is 5.97 Å². The molecule has 4 bridgehead atoms. The SMILES string of the molecule is CCCC1OC1COC(=O)C12CC3CC(CC(C3)C1)C2. The van der Waals surface area contributed by atoms with Gasteiger partial charge in [0.25, 0.3) is 0 Å². The summed E-state index contributed by atoms with van der Waals surface area (Å²) in [6, 6.07) is 0. The van der Waals surface area contributed by atoms with Crippen LogP contribution in [-0.2, 0) is 14.3 Å². The number of carbonyl (C=O) groups excluding carboxylic acids is 1. The van der Waals surface area contributed by atoms with Gasteiger partial charge in [0.2, 0.25) is 0 Å². The maximum absolute atomic E-state index is 12.6. The van der Waals surface area contributed by atoms with Gasteiger partial charge in [0, 0.05) is 0 Å². The van der Waals surface area contributed by atoms with Crippen LogP contribution in [0.1, 0.15) is 58.3 Å². The van der Waals surface area contributed by atoms with Gasteiger partial charge in [0.15, 0.2) is 0 Å². The van der Waals surface area contributed by atoms with Gasteiger partial charge in [-0.25, -0.2) is 0 Å². The van der Waals surface area contributed by atoms with Crippen molar-refractivity contribution in [3.05, 3.63) is 0 Å². The zero-order chi connectivity index (χ0) is 13.7. The summed E-state index contributed by atoms with van der Waals surface area (Å²) in [7, 11) is 0. The van der Waals surface area contributed by atoms with E-state index in [2.05, 4.69) is 6.92 Å². The fourth-order valence-electron chi connectivity index (χ4n) is 5.54. The van der Waals surface area contributed by atoms with Crippen molar-refractivity contribution in [2.75, 3.05) is 6.61 Å². The Labute approximate surface area is 121 Å². The number of esters is 1. The third-order valence-corrected chi connectivity index (χ3v) is 6.11. The van der Waals surface area contributed by atoms with Crippen LogP contribution in [0.25, 0.3) is 0 Å². The van der Waals surface area contributed by atoms with E-state index in [1.165, 1.54) is 19.3 Å². The lowest BCUT2D eigenvalue weighted by atomic mass is 9.49. The van der Waals surface area contributed by atoms with Crippen LogP contribution in [0.2, 0.25) is 0 Å².